The Kier molecular flexibility index (Phi) is 3.57. The monoisotopic (exact) mass is 260 g/mol. The lowest BCUT2D eigenvalue weighted by molar-refractivity contribution is 0.322. The molecule has 1 atom stereocenters. The van der Waals surface area contributed by atoms with E-state index in [1.54, 1.807) is 0 Å². The Morgan fingerprint density at radius 3 is 2.74 bits per heavy atom. The van der Waals surface area contributed by atoms with Gasteiger partial charge in [-0.2, -0.15) is 0 Å². The molecule has 1 aliphatic heterocycles. The van der Waals surface area contributed by atoms with Crippen molar-refractivity contribution in [1.82, 2.24) is 0 Å². The van der Waals surface area contributed by atoms with E-state index in [2.05, 4.69) is 56.8 Å². The van der Waals surface area contributed by atoms with Crippen molar-refractivity contribution < 1.29 is 5.21 Å². The van der Waals surface area contributed by atoms with Crippen molar-refractivity contribution in [2.75, 3.05) is 11.4 Å². The summed E-state index contributed by atoms with van der Waals surface area (Å²) in [4.78, 5) is 2.48. The van der Waals surface area contributed by atoms with Gasteiger partial charge in [0.15, 0.2) is 0 Å². The molecule has 104 valence electrons. The van der Waals surface area contributed by atoms with Crippen molar-refractivity contribution in [3.63, 3.8) is 0 Å². The first-order chi connectivity index (χ1) is 8.90. The van der Waals surface area contributed by atoms with Gasteiger partial charge in [-0.15, -0.1) is 0 Å². The number of hydrogen-bond donors (Lipinski definition) is 1. The fourth-order valence-electron chi connectivity index (χ4n) is 3.45. The smallest absolute Gasteiger partial charge is 0.0736 e. The van der Waals surface area contributed by atoms with E-state index < -0.39 is 0 Å². The van der Waals surface area contributed by atoms with Gasteiger partial charge in [-0.25, -0.2) is 0 Å². The average molecular weight is 260 g/mol. The van der Waals surface area contributed by atoms with Crippen LogP contribution in [0.4, 0.5) is 5.69 Å². The predicted octanol–water partition coefficient (Wildman–Crippen LogP) is 3.92. The Labute approximate surface area is 115 Å². The van der Waals surface area contributed by atoms with Crippen LogP contribution in [0.15, 0.2) is 17.3 Å². The summed E-state index contributed by atoms with van der Waals surface area (Å²) in [5.41, 5.74) is 5.05. The van der Waals surface area contributed by atoms with Crippen LogP contribution in [0.2, 0.25) is 0 Å². The molecule has 1 aromatic carbocycles. The van der Waals surface area contributed by atoms with E-state index in [4.69, 9.17) is 5.21 Å². The third-order valence-electron chi connectivity index (χ3n) is 4.29. The largest absolute Gasteiger partial charge is 0.411 e. The molecule has 1 N–H and O–H groups in total. The van der Waals surface area contributed by atoms with Crippen LogP contribution in [0.25, 0.3) is 0 Å². The maximum atomic E-state index is 8.75. The van der Waals surface area contributed by atoms with Gasteiger partial charge >= 0.3 is 0 Å². The molecular weight excluding hydrogens is 236 g/mol. The van der Waals surface area contributed by atoms with Gasteiger partial charge in [-0.3, -0.25) is 0 Å². The summed E-state index contributed by atoms with van der Waals surface area (Å²) in [6.45, 7) is 12.2. The summed E-state index contributed by atoms with van der Waals surface area (Å²) >= 11 is 0. The quantitative estimate of drug-likeness (QED) is 0.497. The number of anilines is 1. The minimum atomic E-state index is 0.195. The highest BCUT2D eigenvalue weighted by Gasteiger charge is 2.35. The Hall–Kier alpha value is -1.51. The lowest BCUT2D eigenvalue weighted by atomic mass is 9.79. The van der Waals surface area contributed by atoms with E-state index in [0.29, 0.717) is 5.92 Å². The van der Waals surface area contributed by atoms with E-state index in [0.717, 1.165) is 24.1 Å². The molecule has 0 aliphatic carbocycles. The van der Waals surface area contributed by atoms with E-state index in [-0.39, 0.29) is 5.54 Å². The summed E-state index contributed by atoms with van der Waals surface area (Å²) < 4.78 is 0. The van der Waals surface area contributed by atoms with Crippen LogP contribution in [0.5, 0.6) is 0 Å². The summed E-state index contributed by atoms with van der Waals surface area (Å²) in [5.74, 6) is 0.527. The Morgan fingerprint density at radius 1 is 1.47 bits per heavy atom. The molecule has 0 amide bonds. The molecule has 0 saturated carbocycles. The Morgan fingerprint density at radius 2 is 2.16 bits per heavy atom. The maximum Gasteiger partial charge on any atom is 0.0736 e. The molecule has 3 heteroatoms. The molecule has 0 bridgehead atoms. The highest BCUT2D eigenvalue weighted by Crippen LogP contribution is 2.43. The van der Waals surface area contributed by atoms with E-state index >= 15 is 0 Å². The first kappa shape index (κ1) is 13.9. The Bertz CT molecular complexity index is 506. The van der Waals surface area contributed by atoms with Gasteiger partial charge in [0.05, 0.1) is 6.21 Å². The summed E-state index contributed by atoms with van der Waals surface area (Å²) in [7, 11) is 0. The van der Waals surface area contributed by atoms with Crippen LogP contribution in [-0.4, -0.2) is 23.5 Å². The van der Waals surface area contributed by atoms with Gasteiger partial charge in [0.25, 0.3) is 0 Å². The second-order valence-corrected chi connectivity index (χ2v) is 6.17. The molecule has 0 fully saturated rings. The molecule has 19 heavy (non-hydrogen) atoms. The number of oxime groups is 1. The summed E-state index contributed by atoms with van der Waals surface area (Å²) in [5, 5.41) is 11.9. The highest BCUT2D eigenvalue weighted by molar-refractivity contribution is 5.83. The van der Waals surface area contributed by atoms with E-state index in [1.165, 1.54) is 17.5 Å². The minimum absolute atomic E-state index is 0.195. The van der Waals surface area contributed by atoms with E-state index in [9.17, 15) is 0 Å². The zero-order chi connectivity index (χ0) is 14.2. The summed E-state index contributed by atoms with van der Waals surface area (Å²) in [6, 6.07) is 4.40. The predicted molar refractivity (Wildman–Crippen MR) is 80.7 cm³/mol. The molecule has 1 aromatic rings. The van der Waals surface area contributed by atoms with Crippen molar-refractivity contribution in [3.05, 3.63) is 28.8 Å². The zero-order valence-electron chi connectivity index (χ0n) is 12.6. The second-order valence-electron chi connectivity index (χ2n) is 6.17. The number of hydrogen-bond acceptors (Lipinski definition) is 3. The lowest BCUT2D eigenvalue weighted by Gasteiger charge is -2.47. The first-order valence-electron chi connectivity index (χ1n) is 7.00. The molecule has 0 saturated heterocycles. The normalized spacial score (nSPS) is 21.7. The van der Waals surface area contributed by atoms with Gasteiger partial charge in [0, 0.05) is 17.8 Å². The fraction of sp³-hybridized carbons (Fsp3) is 0.562. The lowest BCUT2D eigenvalue weighted by Crippen LogP contribution is -2.48. The third kappa shape index (κ3) is 2.34. The third-order valence-corrected chi connectivity index (χ3v) is 4.29. The maximum absolute atomic E-state index is 8.75. The van der Waals surface area contributed by atoms with Crippen LogP contribution in [0.3, 0.4) is 0 Å². The van der Waals surface area contributed by atoms with E-state index in [1.807, 2.05) is 0 Å². The molecule has 2 rings (SSSR count). The molecular formula is C16H24N2O. The van der Waals surface area contributed by atoms with Crippen LogP contribution in [0.1, 0.15) is 56.7 Å². The van der Waals surface area contributed by atoms with Crippen molar-refractivity contribution in [2.24, 2.45) is 5.16 Å². The van der Waals surface area contributed by atoms with Crippen molar-refractivity contribution in [2.45, 2.75) is 52.5 Å². The van der Waals surface area contributed by atoms with Crippen LogP contribution in [-0.2, 0) is 0 Å². The van der Waals surface area contributed by atoms with Crippen LogP contribution >= 0.6 is 0 Å². The van der Waals surface area contributed by atoms with Crippen molar-refractivity contribution in [1.29, 1.82) is 0 Å². The number of rotatable bonds is 2. The topological polar surface area (TPSA) is 35.8 Å². The minimum Gasteiger partial charge on any atom is -0.411 e. The highest BCUT2D eigenvalue weighted by atomic mass is 16.4. The van der Waals surface area contributed by atoms with Gasteiger partial charge in [0.2, 0.25) is 0 Å². The Balaban J connectivity index is 2.60. The van der Waals surface area contributed by atoms with Gasteiger partial charge in [-0.05, 0) is 68.9 Å². The molecule has 3 nitrogen and oxygen atoms in total. The van der Waals surface area contributed by atoms with Crippen molar-refractivity contribution >= 4 is 11.9 Å². The number of fused-ring (bicyclic) bond motifs is 1. The van der Waals surface area contributed by atoms with Crippen molar-refractivity contribution in [3.8, 4) is 0 Å². The molecule has 0 aromatic heterocycles. The zero-order valence-corrected chi connectivity index (χ0v) is 12.6. The molecule has 1 heterocycles. The number of aryl methyl sites for hydroxylation is 1. The molecule has 0 spiro atoms. The molecule has 1 unspecified atom stereocenters. The average Bonchev–Trinajstić information content (AvgIpc) is 2.31. The van der Waals surface area contributed by atoms with Gasteiger partial charge < -0.3 is 10.1 Å². The fourth-order valence-corrected chi connectivity index (χ4v) is 3.45. The second kappa shape index (κ2) is 4.87. The standard InChI is InChI=1S/C16H24N2O/c1-6-18-15-7-11(2)13(10-17-19)8-14(15)12(3)9-16(18,4)5/h7-8,10,12,19H,6,9H2,1-5H3/b17-10+. The summed E-state index contributed by atoms with van der Waals surface area (Å²) in [6.07, 6.45) is 2.67. The SMILES string of the molecule is CCN1c2cc(C)c(/C=N/O)cc2C(C)CC1(C)C. The van der Waals surface area contributed by atoms with Gasteiger partial charge in [0.1, 0.15) is 0 Å². The number of nitrogens with zero attached hydrogens (tertiary/aromatic N) is 2. The molecule has 1 aliphatic rings. The number of benzene rings is 1. The van der Waals surface area contributed by atoms with Crippen LogP contribution in [0, 0.1) is 6.92 Å². The molecule has 0 radical (unpaired) electrons. The van der Waals surface area contributed by atoms with Gasteiger partial charge in [-0.1, -0.05) is 12.1 Å². The van der Waals surface area contributed by atoms with Crippen LogP contribution < -0.4 is 4.90 Å². The first-order valence-corrected chi connectivity index (χ1v) is 7.00.